The Morgan fingerprint density at radius 2 is 1.72 bits per heavy atom. The van der Waals surface area contributed by atoms with Gasteiger partial charge in [0.1, 0.15) is 5.75 Å². The third-order valence-electron chi connectivity index (χ3n) is 4.41. The van der Waals surface area contributed by atoms with E-state index in [2.05, 4.69) is 15.5 Å². The zero-order chi connectivity index (χ0) is 20.2. The number of carbonyl (C=O) groups is 1. The van der Waals surface area contributed by atoms with Gasteiger partial charge in [-0.1, -0.05) is 54.1 Å². The Morgan fingerprint density at radius 3 is 2.52 bits per heavy atom. The van der Waals surface area contributed by atoms with Crippen molar-refractivity contribution in [3.63, 3.8) is 0 Å². The van der Waals surface area contributed by atoms with Crippen LogP contribution in [0.15, 0.2) is 84.0 Å². The fourth-order valence-electron chi connectivity index (χ4n) is 2.95. The number of carbonyl (C=O) groups excluding carboxylic acids is 1. The summed E-state index contributed by atoms with van der Waals surface area (Å²) in [6.45, 7) is 0. The summed E-state index contributed by atoms with van der Waals surface area (Å²) < 4.78 is 0. The van der Waals surface area contributed by atoms with E-state index in [1.54, 1.807) is 42.5 Å². The highest BCUT2D eigenvalue weighted by molar-refractivity contribution is 6.30. The van der Waals surface area contributed by atoms with Gasteiger partial charge in [0.05, 0.1) is 23.0 Å². The lowest BCUT2D eigenvalue weighted by atomic mass is 10.0. The fourth-order valence-corrected chi connectivity index (χ4v) is 3.08. The number of nitrogens with zero attached hydrogens (tertiary/aromatic N) is 2. The van der Waals surface area contributed by atoms with Gasteiger partial charge in [0, 0.05) is 21.5 Å². The Kier molecular flexibility index (Phi) is 5.22. The molecule has 142 valence electrons. The first-order valence-electron chi connectivity index (χ1n) is 8.89. The number of aromatic hydroxyl groups is 1. The largest absolute Gasteiger partial charge is 0.507 e. The van der Waals surface area contributed by atoms with E-state index in [0.29, 0.717) is 27.4 Å². The number of rotatable bonds is 4. The Hall–Kier alpha value is -3.70. The number of hydrogen-bond acceptors (Lipinski definition) is 4. The summed E-state index contributed by atoms with van der Waals surface area (Å²) in [6, 6.07) is 23.2. The smallest absolute Gasteiger partial charge is 0.272 e. The number of aromatic nitrogens is 1. The van der Waals surface area contributed by atoms with Crippen LogP contribution in [-0.2, 0) is 0 Å². The van der Waals surface area contributed by atoms with Crippen LogP contribution in [0.1, 0.15) is 15.9 Å². The molecule has 6 heteroatoms. The Bertz CT molecular complexity index is 1220. The Labute approximate surface area is 172 Å². The number of para-hydroxylation sites is 2. The van der Waals surface area contributed by atoms with Gasteiger partial charge in [-0.15, -0.1) is 0 Å². The number of benzene rings is 3. The van der Waals surface area contributed by atoms with Crippen molar-refractivity contribution >= 4 is 34.6 Å². The number of phenols is 1. The summed E-state index contributed by atoms with van der Waals surface area (Å²) in [6.07, 6.45) is 1.40. The second kappa shape index (κ2) is 8.12. The molecule has 2 N–H and O–H groups in total. The minimum Gasteiger partial charge on any atom is -0.507 e. The molecule has 4 rings (SSSR count). The van der Waals surface area contributed by atoms with Gasteiger partial charge in [0.15, 0.2) is 0 Å². The van der Waals surface area contributed by atoms with E-state index in [1.165, 1.54) is 6.21 Å². The van der Waals surface area contributed by atoms with E-state index in [9.17, 15) is 9.90 Å². The lowest BCUT2D eigenvalue weighted by molar-refractivity contribution is 0.0956. The summed E-state index contributed by atoms with van der Waals surface area (Å²) in [4.78, 5) is 17.5. The molecule has 29 heavy (non-hydrogen) atoms. The van der Waals surface area contributed by atoms with Crippen LogP contribution in [0, 0.1) is 0 Å². The molecule has 1 amide bonds. The molecule has 0 saturated carbocycles. The topological polar surface area (TPSA) is 74.6 Å². The van der Waals surface area contributed by atoms with Crippen molar-refractivity contribution in [2.45, 2.75) is 0 Å². The highest BCUT2D eigenvalue weighted by Gasteiger charge is 2.13. The van der Waals surface area contributed by atoms with Crippen LogP contribution in [0.4, 0.5) is 0 Å². The first-order chi connectivity index (χ1) is 14.1. The van der Waals surface area contributed by atoms with Crippen LogP contribution in [0.25, 0.3) is 22.2 Å². The number of phenolic OH excluding ortho intramolecular Hbond substituents is 1. The molecule has 1 aromatic heterocycles. The predicted molar refractivity (Wildman–Crippen MR) is 115 cm³/mol. The highest BCUT2D eigenvalue weighted by atomic mass is 35.5. The summed E-state index contributed by atoms with van der Waals surface area (Å²) in [5.74, 6) is -0.282. The van der Waals surface area contributed by atoms with E-state index in [1.807, 2.05) is 36.4 Å². The quantitative estimate of drug-likeness (QED) is 0.372. The normalized spacial score (nSPS) is 11.1. The molecule has 0 saturated heterocycles. The molecule has 0 unspecified atom stereocenters. The van der Waals surface area contributed by atoms with Crippen LogP contribution in [0.3, 0.4) is 0 Å². The number of fused-ring (bicyclic) bond motifs is 1. The van der Waals surface area contributed by atoms with Gasteiger partial charge in [0.25, 0.3) is 5.91 Å². The van der Waals surface area contributed by atoms with E-state index in [4.69, 9.17) is 11.6 Å². The lowest BCUT2D eigenvalue weighted by Gasteiger charge is -2.09. The standard InChI is InChI=1S/C23H16ClN3O2/c24-17-11-9-15(10-12-17)21-13-19(18-6-2-3-7-20(18)26-21)23(29)27-25-14-16-5-1-4-8-22(16)28/h1-14,28H,(H,27,29). The lowest BCUT2D eigenvalue weighted by Crippen LogP contribution is -2.18. The van der Waals surface area contributed by atoms with E-state index >= 15 is 0 Å². The molecular weight excluding hydrogens is 386 g/mol. The van der Waals surface area contributed by atoms with E-state index in [0.717, 1.165) is 10.9 Å². The zero-order valence-electron chi connectivity index (χ0n) is 15.2. The van der Waals surface area contributed by atoms with Crippen molar-refractivity contribution < 1.29 is 9.90 Å². The number of halogens is 1. The van der Waals surface area contributed by atoms with Crippen molar-refractivity contribution in [3.05, 3.63) is 95.0 Å². The van der Waals surface area contributed by atoms with Gasteiger partial charge in [0.2, 0.25) is 0 Å². The summed E-state index contributed by atoms with van der Waals surface area (Å²) >= 11 is 5.98. The zero-order valence-corrected chi connectivity index (χ0v) is 16.0. The minimum atomic E-state index is -0.370. The Morgan fingerprint density at radius 1 is 1.00 bits per heavy atom. The SMILES string of the molecule is O=C(NN=Cc1ccccc1O)c1cc(-c2ccc(Cl)cc2)nc2ccccc12. The van der Waals surface area contributed by atoms with Crippen molar-refractivity contribution in [2.24, 2.45) is 5.10 Å². The molecule has 0 aliphatic carbocycles. The fraction of sp³-hybridized carbons (Fsp3) is 0. The average Bonchev–Trinajstić information content (AvgIpc) is 2.74. The minimum absolute atomic E-state index is 0.0879. The van der Waals surface area contributed by atoms with Crippen LogP contribution >= 0.6 is 11.6 Å². The second-order valence-electron chi connectivity index (χ2n) is 6.34. The van der Waals surface area contributed by atoms with Gasteiger partial charge >= 0.3 is 0 Å². The molecule has 0 aliphatic rings. The van der Waals surface area contributed by atoms with Crippen molar-refractivity contribution in [1.82, 2.24) is 10.4 Å². The van der Waals surface area contributed by atoms with Gasteiger partial charge in [-0.25, -0.2) is 10.4 Å². The molecule has 5 nitrogen and oxygen atoms in total. The molecule has 1 heterocycles. The molecule has 3 aromatic carbocycles. The van der Waals surface area contributed by atoms with Gasteiger partial charge in [-0.2, -0.15) is 5.10 Å². The van der Waals surface area contributed by atoms with Crippen molar-refractivity contribution in [3.8, 4) is 17.0 Å². The predicted octanol–water partition coefficient (Wildman–Crippen LogP) is 5.02. The first kappa shape index (κ1) is 18.7. The monoisotopic (exact) mass is 401 g/mol. The molecule has 0 spiro atoms. The number of hydrazone groups is 1. The number of pyridine rings is 1. The second-order valence-corrected chi connectivity index (χ2v) is 6.77. The summed E-state index contributed by atoms with van der Waals surface area (Å²) in [5.41, 5.74) is 5.71. The van der Waals surface area contributed by atoms with Gasteiger partial charge < -0.3 is 5.11 Å². The van der Waals surface area contributed by atoms with Crippen molar-refractivity contribution in [2.75, 3.05) is 0 Å². The maximum Gasteiger partial charge on any atom is 0.272 e. The average molecular weight is 402 g/mol. The molecule has 0 aliphatic heterocycles. The summed E-state index contributed by atoms with van der Waals surface area (Å²) in [5, 5.41) is 15.1. The molecular formula is C23H16ClN3O2. The molecule has 0 bridgehead atoms. The van der Waals surface area contributed by atoms with Crippen molar-refractivity contribution in [1.29, 1.82) is 0 Å². The third-order valence-corrected chi connectivity index (χ3v) is 4.66. The maximum absolute atomic E-state index is 12.8. The molecule has 0 fully saturated rings. The summed E-state index contributed by atoms with van der Waals surface area (Å²) in [7, 11) is 0. The third kappa shape index (κ3) is 4.10. The number of hydrogen-bond donors (Lipinski definition) is 2. The molecule has 0 radical (unpaired) electrons. The number of amides is 1. The maximum atomic E-state index is 12.8. The van der Waals surface area contributed by atoms with Gasteiger partial charge in [-0.3, -0.25) is 4.79 Å². The van der Waals surface area contributed by atoms with Crippen LogP contribution in [0.5, 0.6) is 5.75 Å². The highest BCUT2D eigenvalue weighted by Crippen LogP contribution is 2.26. The molecule has 0 atom stereocenters. The molecule has 4 aromatic rings. The van der Waals surface area contributed by atoms with Gasteiger partial charge in [-0.05, 0) is 36.4 Å². The van der Waals surface area contributed by atoms with E-state index in [-0.39, 0.29) is 11.7 Å². The van der Waals surface area contributed by atoms with Crippen LogP contribution < -0.4 is 5.43 Å². The first-order valence-corrected chi connectivity index (χ1v) is 9.27. The van der Waals surface area contributed by atoms with Crippen LogP contribution in [-0.4, -0.2) is 22.2 Å². The van der Waals surface area contributed by atoms with Crippen LogP contribution in [0.2, 0.25) is 5.02 Å². The number of nitrogens with one attached hydrogen (secondary N) is 1. The Balaban J connectivity index is 1.69. The van der Waals surface area contributed by atoms with E-state index < -0.39 is 0 Å².